The van der Waals surface area contributed by atoms with Crippen LogP contribution in [0, 0.1) is 0 Å². The minimum atomic E-state index is -0.887. The number of aromatic nitrogens is 4. The molecule has 3 heterocycles. The molecule has 0 spiro atoms. The average Bonchev–Trinajstić information content (AvgIpc) is 2.82. The van der Waals surface area contributed by atoms with Crippen LogP contribution >= 0.6 is 0 Å². The van der Waals surface area contributed by atoms with Crippen LogP contribution in [-0.2, 0) is 11.2 Å². The molecule has 0 bridgehead atoms. The molecule has 6 nitrogen and oxygen atoms in total. The first kappa shape index (κ1) is 11.3. The van der Waals surface area contributed by atoms with Gasteiger partial charge in [-0.1, -0.05) is 0 Å². The number of pyridine rings is 1. The molecule has 3 rings (SSSR count). The number of hydrogen-bond acceptors (Lipinski definition) is 4. The lowest BCUT2D eigenvalue weighted by atomic mass is 10.1. The molecule has 0 radical (unpaired) electrons. The number of carboxylic acid groups (broad SMARTS) is 1. The molecular formula is C13H10N4O2. The second-order valence-corrected chi connectivity index (χ2v) is 4.07. The highest BCUT2D eigenvalue weighted by atomic mass is 16.4. The quantitative estimate of drug-likeness (QED) is 0.741. The van der Waals surface area contributed by atoms with Crippen molar-refractivity contribution in [1.82, 2.24) is 19.9 Å². The number of hydrogen-bond donors (Lipinski definition) is 2. The van der Waals surface area contributed by atoms with Crippen LogP contribution in [0.15, 0.2) is 37.1 Å². The third kappa shape index (κ3) is 2.03. The van der Waals surface area contributed by atoms with Crippen LogP contribution in [0.2, 0.25) is 0 Å². The van der Waals surface area contributed by atoms with Crippen molar-refractivity contribution in [2.45, 2.75) is 6.42 Å². The number of aromatic amines is 1. The lowest BCUT2D eigenvalue weighted by Gasteiger charge is -2.03. The minimum Gasteiger partial charge on any atom is -0.481 e. The first-order valence-corrected chi connectivity index (χ1v) is 5.69. The molecule has 0 fully saturated rings. The Bertz CT molecular complexity index is 737. The van der Waals surface area contributed by atoms with E-state index in [1.807, 2.05) is 12.1 Å². The molecule has 0 aliphatic carbocycles. The molecule has 0 saturated heterocycles. The van der Waals surface area contributed by atoms with E-state index in [2.05, 4.69) is 19.9 Å². The van der Waals surface area contributed by atoms with E-state index < -0.39 is 5.97 Å². The summed E-state index contributed by atoms with van der Waals surface area (Å²) in [4.78, 5) is 26.3. The summed E-state index contributed by atoms with van der Waals surface area (Å²) in [5.74, 6) is -0.887. The van der Waals surface area contributed by atoms with Crippen molar-refractivity contribution in [1.29, 1.82) is 0 Å². The lowest BCUT2D eigenvalue weighted by molar-refractivity contribution is -0.136. The number of rotatable bonds is 3. The number of fused-ring (bicyclic) bond motifs is 1. The van der Waals surface area contributed by atoms with Gasteiger partial charge in [0, 0.05) is 29.5 Å². The van der Waals surface area contributed by atoms with Crippen LogP contribution in [0.4, 0.5) is 0 Å². The molecule has 3 aromatic rings. The van der Waals surface area contributed by atoms with Crippen molar-refractivity contribution < 1.29 is 9.90 Å². The van der Waals surface area contributed by atoms with Gasteiger partial charge < -0.3 is 10.1 Å². The number of carbonyl (C=O) groups is 1. The molecule has 2 N–H and O–H groups in total. The molecule has 94 valence electrons. The zero-order chi connectivity index (χ0) is 13.2. The Hall–Kier alpha value is -2.76. The van der Waals surface area contributed by atoms with Gasteiger partial charge in [-0.25, -0.2) is 9.97 Å². The molecule has 0 saturated carbocycles. The summed E-state index contributed by atoms with van der Waals surface area (Å²) in [6, 6.07) is 3.69. The molecule has 6 heteroatoms. The zero-order valence-corrected chi connectivity index (χ0v) is 9.87. The van der Waals surface area contributed by atoms with E-state index in [9.17, 15) is 4.79 Å². The molecule has 0 atom stereocenters. The summed E-state index contributed by atoms with van der Waals surface area (Å²) < 4.78 is 0. The predicted molar refractivity (Wildman–Crippen MR) is 68.5 cm³/mol. The molecule has 3 aromatic heterocycles. The topological polar surface area (TPSA) is 91.8 Å². The molecule has 0 unspecified atom stereocenters. The molecule has 0 aromatic carbocycles. The van der Waals surface area contributed by atoms with Crippen LogP contribution in [0.3, 0.4) is 0 Å². The number of aliphatic carboxylic acids is 1. The van der Waals surface area contributed by atoms with Crippen LogP contribution < -0.4 is 0 Å². The summed E-state index contributed by atoms with van der Waals surface area (Å²) in [5, 5.41) is 9.67. The fourth-order valence-corrected chi connectivity index (χ4v) is 2.05. The summed E-state index contributed by atoms with van der Waals surface area (Å²) >= 11 is 0. The van der Waals surface area contributed by atoms with Gasteiger partial charge in [-0.05, 0) is 17.7 Å². The Morgan fingerprint density at radius 1 is 1.37 bits per heavy atom. The molecule has 0 aliphatic heterocycles. The number of H-pyrrole nitrogens is 1. The van der Waals surface area contributed by atoms with E-state index >= 15 is 0 Å². The largest absolute Gasteiger partial charge is 0.481 e. The Labute approximate surface area is 108 Å². The third-order valence-corrected chi connectivity index (χ3v) is 2.83. The Balaban J connectivity index is 2.24. The molecular weight excluding hydrogens is 244 g/mol. The smallest absolute Gasteiger partial charge is 0.307 e. The Kier molecular flexibility index (Phi) is 2.68. The van der Waals surface area contributed by atoms with E-state index in [1.54, 1.807) is 18.6 Å². The second-order valence-electron chi connectivity index (χ2n) is 4.07. The summed E-state index contributed by atoms with van der Waals surface area (Å²) in [6.07, 6.45) is 6.41. The van der Waals surface area contributed by atoms with Crippen molar-refractivity contribution in [2.75, 3.05) is 0 Å². The monoisotopic (exact) mass is 254 g/mol. The summed E-state index contributed by atoms with van der Waals surface area (Å²) in [6.45, 7) is 0. The van der Waals surface area contributed by atoms with Crippen molar-refractivity contribution in [3.8, 4) is 11.3 Å². The van der Waals surface area contributed by atoms with Gasteiger partial charge in [0.15, 0.2) is 0 Å². The van der Waals surface area contributed by atoms with Crippen LogP contribution in [0.5, 0.6) is 0 Å². The van der Waals surface area contributed by atoms with E-state index in [1.165, 1.54) is 6.33 Å². The van der Waals surface area contributed by atoms with Crippen LogP contribution in [-0.4, -0.2) is 31.0 Å². The van der Waals surface area contributed by atoms with Crippen molar-refractivity contribution in [3.05, 3.63) is 42.6 Å². The van der Waals surface area contributed by atoms with Crippen molar-refractivity contribution in [2.24, 2.45) is 0 Å². The Morgan fingerprint density at radius 3 is 3.00 bits per heavy atom. The highest BCUT2D eigenvalue weighted by Crippen LogP contribution is 2.27. The van der Waals surface area contributed by atoms with Gasteiger partial charge >= 0.3 is 5.97 Å². The maximum atomic E-state index is 10.9. The van der Waals surface area contributed by atoms with Gasteiger partial charge in [0.2, 0.25) is 0 Å². The average molecular weight is 254 g/mol. The third-order valence-electron chi connectivity index (χ3n) is 2.83. The summed E-state index contributed by atoms with van der Waals surface area (Å²) in [5.41, 5.74) is 2.82. The first-order chi connectivity index (χ1) is 9.25. The normalized spacial score (nSPS) is 10.7. The first-order valence-electron chi connectivity index (χ1n) is 5.69. The minimum absolute atomic E-state index is 0.0688. The van der Waals surface area contributed by atoms with Gasteiger partial charge in [-0.2, -0.15) is 0 Å². The predicted octanol–water partition coefficient (Wildman–Crippen LogP) is 1.65. The second kappa shape index (κ2) is 4.49. The van der Waals surface area contributed by atoms with E-state index in [4.69, 9.17) is 5.11 Å². The summed E-state index contributed by atoms with van der Waals surface area (Å²) in [7, 11) is 0. The van der Waals surface area contributed by atoms with Crippen LogP contribution in [0.25, 0.3) is 22.3 Å². The highest BCUT2D eigenvalue weighted by Gasteiger charge is 2.14. The number of nitrogens with one attached hydrogen (secondary N) is 1. The zero-order valence-electron chi connectivity index (χ0n) is 9.87. The fraction of sp³-hybridized carbons (Fsp3) is 0.0769. The van der Waals surface area contributed by atoms with Gasteiger partial charge in [0.25, 0.3) is 0 Å². The number of carboxylic acids is 1. The van der Waals surface area contributed by atoms with Gasteiger partial charge in [0.1, 0.15) is 12.0 Å². The van der Waals surface area contributed by atoms with Gasteiger partial charge in [-0.15, -0.1) is 0 Å². The van der Waals surface area contributed by atoms with Crippen molar-refractivity contribution in [3.63, 3.8) is 0 Å². The molecule has 0 amide bonds. The fourth-order valence-electron chi connectivity index (χ4n) is 2.05. The molecule has 0 aliphatic rings. The van der Waals surface area contributed by atoms with Crippen LogP contribution in [0.1, 0.15) is 5.56 Å². The Morgan fingerprint density at radius 2 is 2.26 bits per heavy atom. The standard InChI is InChI=1S/C13H10N4O2/c18-10(19)4-9-6-15-13-11(9)12(16-7-17-13)8-2-1-3-14-5-8/h1-3,5-7H,4H2,(H,18,19)(H,15,16,17). The van der Waals surface area contributed by atoms with E-state index in [0.29, 0.717) is 16.9 Å². The maximum Gasteiger partial charge on any atom is 0.307 e. The van der Waals surface area contributed by atoms with Gasteiger partial charge in [-0.3, -0.25) is 9.78 Å². The van der Waals surface area contributed by atoms with Gasteiger partial charge in [0.05, 0.1) is 12.1 Å². The van der Waals surface area contributed by atoms with E-state index in [-0.39, 0.29) is 6.42 Å². The maximum absolute atomic E-state index is 10.9. The number of nitrogens with zero attached hydrogens (tertiary/aromatic N) is 3. The molecule has 19 heavy (non-hydrogen) atoms. The highest BCUT2D eigenvalue weighted by molar-refractivity contribution is 5.95. The van der Waals surface area contributed by atoms with Crippen molar-refractivity contribution >= 4 is 17.0 Å². The SMILES string of the molecule is O=C(O)Cc1c[nH]c2ncnc(-c3cccnc3)c12. The lowest BCUT2D eigenvalue weighted by Crippen LogP contribution is -2.00. The van der Waals surface area contributed by atoms with E-state index in [0.717, 1.165) is 10.9 Å².